The SMILES string of the molecule is C[C@H]1[C@@H](/C(C[C@H]2O[C@@H]3O[C@]4(C)CC[C@H]5[C@H](C)CC[C@@H]([C@H]2C)C35OO4)=N\O)O[C@@H]2O[C@]3(C)CC[C@H]4[C@H](C)CC[C@@H]1C24OO3. The van der Waals surface area contributed by atoms with Gasteiger partial charge >= 0.3 is 0 Å². The number of rotatable bonds is 3. The van der Waals surface area contributed by atoms with Crippen LogP contribution < -0.4 is 0 Å². The molecule has 10 heteroatoms. The lowest BCUT2D eigenvalue weighted by Gasteiger charge is -2.61. The molecule has 0 aromatic heterocycles. The zero-order valence-electron chi connectivity index (χ0n) is 26.0. The molecular weight excluding hydrogens is 542 g/mol. The third-order valence-corrected chi connectivity index (χ3v) is 13.3. The van der Waals surface area contributed by atoms with Crippen LogP contribution in [0.1, 0.15) is 99.3 Å². The Hall–Kier alpha value is -0.850. The lowest BCUT2D eigenvalue weighted by Crippen LogP contribution is -2.71. The van der Waals surface area contributed by atoms with Crippen molar-refractivity contribution in [3.05, 3.63) is 0 Å². The molecule has 8 heterocycles. The van der Waals surface area contributed by atoms with Gasteiger partial charge < -0.3 is 24.2 Å². The van der Waals surface area contributed by atoms with Crippen molar-refractivity contribution in [2.45, 2.75) is 147 Å². The van der Waals surface area contributed by atoms with Crippen molar-refractivity contribution < 1.29 is 43.7 Å². The fraction of sp³-hybridized carbons (Fsp3) is 0.969. The minimum absolute atomic E-state index is 0.0442. The third kappa shape index (κ3) is 3.76. The first-order valence-corrected chi connectivity index (χ1v) is 16.6. The highest BCUT2D eigenvalue weighted by Crippen LogP contribution is 2.63. The molecule has 236 valence electrons. The van der Waals surface area contributed by atoms with Gasteiger partial charge in [-0.15, -0.1) is 0 Å². The van der Waals surface area contributed by atoms with Gasteiger partial charge in [0.15, 0.2) is 23.8 Å². The van der Waals surface area contributed by atoms with Gasteiger partial charge in [0.1, 0.15) is 6.10 Å². The van der Waals surface area contributed by atoms with Gasteiger partial charge in [0.2, 0.25) is 11.6 Å². The van der Waals surface area contributed by atoms with Gasteiger partial charge in [-0.05, 0) is 87.9 Å². The highest BCUT2D eigenvalue weighted by molar-refractivity contribution is 5.89. The van der Waals surface area contributed by atoms with Crippen molar-refractivity contribution in [2.24, 2.45) is 52.5 Å². The number of oxime groups is 1. The summed E-state index contributed by atoms with van der Waals surface area (Å²) in [5.41, 5.74) is -0.674. The van der Waals surface area contributed by atoms with E-state index < -0.39 is 41.5 Å². The number of fused-ring (bicyclic) bond motifs is 4. The molecule has 10 aliphatic rings. The Morgan fingerprint density at radius 3 is 1.74 bits per heavy atom. The van der Waals surface area contributed by atoms with Crippen LogP contribution in [0.2, 0.25) is 0 Å². The van der Waals surface area contributed by atoms with E-state index in [1.807, 2.05) is 13.8 Å². The minimum atomic E-state index is -0.850. The third-order valence-electron chi connectivity index (χ3n) is 13.3. The first-order valence-electron chi connectivity index (χ1n) is 16.6. The van der Waals surface area contributed by atoms with Gasteiger partial charge in [-0.1, -0.05) is 32.9 Å². The zero-order chi connectivity index (χ0) is 29.2. The lowest BCUT2D eigenvalue weighted by atomic mass is 9.56. The average Bonchev–Trinajstić information content (AvgIpc) is 3.34. The van der Waals surface area contributed by atoms with Crippen molar-refractivity contribution in [3.8, 4) is 0 Å². The maximum atomic E-state index is 10.5. The van der Waals surface area contributed by atoms with E-state index in [0.717, 1.165) is 51.4 Å². The van der Waals surface area contributed by atoms with Crippen molar-refractivity contribution in [1.82, 2.24) is 0 Å². The fourth-order valence-electron chi connectivity index (χ4n) is 10.9. The summed E-state index contributed by atoms with van der Waals surface area (Å²) < 4.78 is 26.8. The average molecular weight is 592 g/mol. The predicted octanol–water partition coefficient (Wildman–Crippen LogP) is 5.71. The summed E-state index contributed by atoms with van der Waals surface area (Å²) >= 11 is 0. The highest BCUT2D eigenvalue weighted by Gasteiger charge is 2.71. The molecule has 8 saturated heterocycles. The molecule has 8 aliphatic heterocycles. The Morgan fingerprint density at radius 1 is 0.667 bits per heavy atom. The summed E-state index contributed by atoms with van der Waals surface area (Å²) in [6.45, 7) is 13.0. The molecule has 10 rings (SSSR count). The van der Waals surface area contributed by atoms with Crippen LogP contribution >= 0.6 is 0 Å². The standard InChI is InChI=1S/C32H49NO9/c1-16-7-9-22-18(3)25(35-27-31(22)20(16)11-13-29(5,37-27)39-41-31)15-24(33-34)26-19(4)23-10-8-17(2)21-12-14-30(6)38-28(36-26)32(21,23)42-40-30/h16-23,25-28,34H,7-15H2,1-6H3/b33-24-/t16-,17-,18-,19-,20+,21+,22+,23+,25-,26+,27-,28-,29+,30+,31?,32?/m1/s1. The maximum Gasteiger partial charge on any atom is 0.201 e. The smallest absolute Gasteiger partial charge is 0.201 e. The molecule has 0 radical (unpaired) electrons. The summed E-state index contributed by atoms with van der Waals surface area (Å²) in [5, 5.41) is 14.4. The van der Waals surface area contributed by atoms with Crippen LogP contribution in [0, 0.1) is 47.3 Å². The summed E-state index contributed by atoms with van der Waals surface area (Å²) in [4.78, 5) is 24.6. The van der Waals surface area contributed by atoms with E-state index in [1.54, 1.807) is 0 Å². The first kappa shape index (κ1) is 28.6. The number of ether oxygens (including phenoxy) is 4. The second-order valence-electron chi connectivity index (χ2n) is 15.6. The Balaban J connectivity index is 1.08. The monoisotopic (exact) mass is 591 g/mol. The highest BCUT2D eigenvalue weighted by atomic mass is 17.3. The molecule has 0 aromatic rings. The molecular formula is C32H49NO9. The van der Waals surface area contributed by atoms with E-state index in [9.17, 15) is 5.21 Å². The predicted molar refractivity (Wildman–Crippen MR) is 147 cm³/mol. The van der Waals surface area contributed by atoms with Crippen LogP contribution in [0.3, 0.4) is 0 Å². The van der Waals surface area contributed by atoms with Gasteiger partial charge in [-0.2, -0.15) is 0 Å². The lowest BCUT2D eigenvalue weighted by molar-refractivity contribution is -0.571. The van der Waals surface area contributed by atoms with Crippen molar-refractivity contribution >= 4 is 5.71 Å². The quantitative estimate of drug-likeness (QED) is 0.191. The molecule has 2 spiro atoms. The molecule has 42 heavy (non-hydrogen) atoms. The molecule has 2 unspecified atom stereocenters. The van der Waals surface area contributed by atoms with Gasteiger partial charge in [0, 0.05) is 31.1 Å². The number of nitrogens with zero attached hydrogens (tertiary/aromatic N) is 1. The Kier molecular flexibility index (Phi) is 6.53. The van der Waals surface area contributed by atoms with Gasteiger partial charge in [0.25, 0.3) is 0 Å². The zero-order valence-corrected chi connectivity index (χ0v) is 26.0. The number of hydrogen-bond donors (Lipinski definition) is 1. The molecule has 16 atom stereocenters. The largest absolute Gasteiger partial charge is 0.411 e. The van der Waals surface area contributed by atoms with Gasteiger partial charge in [-0.3, -0.25) is 0 Å². The fourth-order valence-corrected chi connectivity index (χ4v) is 10.9. The van der Waals surface area contributed by atoms with E-state index in [1.165, 1.54) is 0 Å². The van der Waals surface area contributed by atoms with E-state index in [-0.39, 0.29) is 35.7 Å². The van der Waals surface area contributed by atoms with Gasteiger partial charge in [0.05, 0.1) is 11.8 Å². The first-order chi connectivity index (χ1) is 20.0. The van der Waals surface area contributed by atoms with Crippen LogP contribution in [-0.4, -0.2) is 58.5 Å². The molecule has 0 aromatic carbocycles. The van der Waals surface area contributed by atoms with E-state index in [4.69, 9.17) is 38.5 Å². The molecule has 2 aliphatic carbocycles. The molecule has 10 fully saturated rings. The molecule has 1 N–H and O–H groups in total. The van der Waals surface area contributed by atoms with E-state index in [0.29, 0.717) is 29.9 Å². The minimum Gasteiger partial charge on any atom is -0.411 e. The molecule has 0 amide bonds. The molecule has 10 nitrogen and oxygen atoms in total. The van der Waals surface area contributed by atoms with Crippen molar-refractivity contribution in [1.29, 1.82) is 0 Å². The summed E-state index contributed by atoms with van der Waals surface area (Å²) in [7, 11) is 0. The molecule has 4 bridgehead atoms. The Bertz CT molecular complexity index is 1120. The normalized spacial score (nSPS) is 60.3. The van der Waals surface area contributed by atoms with E-state index >= 15 is 0 Å². The van der Waals surface area contributed by atoms with Gasteiger partial charge in [-0.25, -0.2) is 19.6 Å². The van der Waals surface area contributed by atoms with Crippen molar-refractivity contribution in [3.63, 3.8) is 0 Å². The topological polar surface area (TPSA) is 106 Å². The molecule has 2 saturated carbocycles. The second-order valence-corrected chi connectivity index (χ2v) is 15.6. The number of hydrogen-bond acceptors (Lipinski definition) is 10. The summed E-state index contributed by atoms with van der Waals surface area (Å²) in [5.74, 6) is 0.478. The Morgan fingerprint density at radius 2 is 1.19 bits per heavy atom. The van der Waals surface area contributed by atoms with Crippen LogP contribution in [-0.2, 0) is 38.5 Å². The maximum absolute atomic E-state index is 10.5. The summed E-state index contributed by atoms with van der Waals surface area (Å²) in [6, 6.07) is 0. The van der Waals surface area contributed by atoms with Crippen LogP contribution in [0.5, 0.6) is 0 Å². The van der Waals surface area contributed by atoms with E-state index in [2.05, 4.69) is 32.9 Å². The van der Waals surface area contributed by atoms with Crippen LogP contribution in [0.15, 0.2) is 5.16 Å². The summed E-state index contributed by atoms with van der Waals surface area (Å²) in [6.07, 6.45) is 6.49. The van der Waals surface area contributed by atoms with Crippen LogP contribution in [0.25, 0.3) is 0 Å². The van der Waals surface area contributed by atoms with Crippen LogP contribution in [0.4, 0.5) is 0 Å². The van der Waals surface area contributed by atoms with Crippen molar-refractivity contribution in [2.75, 3.05) is 0 Å². The Labute approximate surface area is 248 Å². The second kappa shape index (κ2) is 9.58.